The first-order valence-electron chi connectivity index (χ1n) is 4.10. The lowest BCUT2D eigenvalue weighted by Crippen LogP contribution is -2.51. The molecule has 14 heavy (non-hydrogen) atoms. The van der Waals surface area contributed by atoms with Gasteiger partial charge in [0.25, 0.3) is 0 Å². The second-order valence-corrected chi connectivity index (χ2v) is 2.87. The first kappa shape index (κ1) is 10.3. The molecule has 0 aliphatic rings. The highest BCUT2D eigenvalue weighted by atomic mass is 19.1. The zero-order valence-corrected chi connectivity index (χ0v) is 7.70. The van der Waals surface area contributed by atoms with Crippen molar-refractivity contribution in [2.24, 2.45) is 11.5 Å². The summed E-state index contributed by atoms with van der Waals surface area (Å²) in [5.41, 5.74) is 15.6. The molecule has 0 unspecified atom stereocenters. The van der Waals surface area contributed by atoms with Crippen LogP contribution >= 0.6 is 0 Å². The molecule has 0 saturated carbocycles. The largest absolute Gasteiger partial charge is 0.398 e. The van der Waals surface area contributed by atoms with Crippen LogP contribution in [0.1, 0.15) is 5.56 Å². The Labute approximate surface area is 81.7 Å². The van der Waals surface area contributed by atoms with Gasteiger partial charge in [0, 0.05) is 17.3 Å². The monoisotopic (exact) mass is 194 g/mol. The van der Waals surface area contributed by atoms with Crippen molar-refractivity contribution in [2.45, 2.75) is 0 Å². The van der Waals surface area contributed by atoms with E-state index in [1.165, 1.54) is 12.1 Å². The van der Waals surface area contributed by atoms with Gasteiger partial charge in [0.2, 0.25) is 0 Å². The Morgan fingerprint density at radius 3 is 2.57 bits per heavy atom. The molecule has 0 amide bonds. The number of rotatable bonds is 2. The fraction of sp³-hybridized carbons (Fsp3) is 0. The Bertz CT molecular complexity index is 379. The average Bonchev–Trinajstić information content (AvgIpc) is 2.14. The SMILES string of the molecule is NC([NH3+])=CC=C(N)c1cccc(F)c1. The molecular formula is C10H13FN3+. The zero-order valence-electron chi connectivity index (χ0n) is 7.70. The van der Waals surface area contributed by atoms with Gasteiger partial charge in [0.1, 0.15) is 5.82 Å². The van der Waals surface area contributed by atoms with Gasteiger partial charge >= 0.3 is 0 Å². The van der Waals surface area contributed by atoms with Crippen molar-refractivity contribution in [3.63, 3.8) is 0 Å². The third-order valence-corrected chi connectivity index (χ3v) is 1.63. The Morgan fingerprint density at radius 1 is 1.29 bits per heavy atom. The molecule has 0 aromatic heterocycles. The maximum atomic E-state index is 12.8. The number of benzene rings is 1. The van der Waals surface area contributed by atoms with Crippen LogP contribution in [-0.4, -0.2) is 0 Å². The molecular weight excluding hydrogens is 181 g/mol. The van der Waals surface area contributed by atoms with E-state index in [9.17, 15) is 4.39 Å². The van der Waals surface area contributed by atoms with Gasteiger partial charge in [-0.2, -0.15) is 0 Å². The minimum atomic E-state index is -0.314. The lowest BCUT2D eigenvalue weighted by molar-refractivity contribution is -0.304. The van der Waals surface area contributed by atoms with Crippen molar-refractivity contribution in [2.75, 3.05) is 0 Å². The molecule has 0 saturated heterocycles. The molecule has 1 aromatic carbocycles. The van der Waals surface area contributed by atoms with Crippen LogP contribution in [0.3, 0.4) is 0 Å². The zero-order chi connectivity index (χ0) is 10.6. The molecule has 1 aromatic rings. The fourth-order valence-electron chi connectivity index (χ4n) is 0.961. The van der Waals surface area contributed by atoms with Crippen LogP contribution in [0.2, 0.25) is 0 Å². The van der Waals surface area contributed by atoms with Gasteiger partial charge in [0.05, 0.1) is 0 Å². The normalized spacial score (nSPS) is 13.0. The quantitative estimate of drug-likeness (QED) is 0.586. The van der Waals surface area contributed by atoms with Gasteiger partial charge in [-0.25, -0.2) is 4.39 Å². The lowest BCUT2D eigenvalue weighted by Gasteiger charge is -1.99. The second-order valence-electron chi connectivity index (χ2n) is 2.87. The van der Waals surface area contributed by atoms with E-state index in [2.05, 4.69) is 5.73 Å². The summed E-state index contributed by atoms with van der Waals surface area (Å²) in [7, 11) is 0. The average molecular weight is 194 g/mol. The van der Waals surface area contributed by atoms with Gasteiger partial charge in [-0.05, 0) is 18.2 Å². The molecule has 1 rings (SSSR count). The Kier molecular flexibility index (Phi) is 3.25. The van der Waals surface area contributed by atoms with Crippen LogP contribution in [-0.2, 0) is 0 Å². The maximum absolute atomic E-state index is 12.8. The van der Waals surface area contributed by atoms with E-state index in [4.69, 9.17) is 11.5 Å². The van der Waals surface area contributed by atoms with Crippen LogP contribution < -0.4 is 17.2 Å². The predicted octanol–water partition coefficient (Wildman–Crippen LogP) is 0.167. The topological polar surface area (TPSA) is 79.7 Å². The van der Waals surface area contributed by atoms with E-state index in [0.717, 1.165) is 0 Å². The second kappa shape index (κ2) is 4.43. The molecule has 0 aliphatic carbocycles. The summed E-state index contributed by atoms with van der Waals surface area (Å²) in [6.45, 7) is 0. The third-order valence-electron chi connectivity index (χ3n) is 1.63. The van der Waals surface area contributed by atoms with Crippen LogP contribution in [0.15, 0.2) is 42.2 Å². The molecule has 3 nitrogen and oxygen atoms in total. The summed E-state index contributed by atoms with van der Waals surface area (Å²) in [5.74, 6) is 0.0924. The molecule has 0 heterocycles. The van der Waals surface area contributed by atoms with Gasteiger partial charge in [0.15, 0.2) is 5.82 Å². The van der Waals surface area contributed by atoms with Crippen molar-refractivity contribution in [3.8, 4) is 0 Å². The molecule has 4 heteroatoms. The number of quaternary nitrogens is 1. The van der Waals surface area contributed by atoms with E-state index in [1.807, 2.05) is 0 Å². The van der Waals surface area contributed by atoms with Crippen molar-refractivity contribution < 1.29 is 10.1 Å². The Morgan fingerprint density at radius 2 is 2.00 bits per heavy atom. The van der Waals surface area contributed by atoms with E-state index in [-0.39, 0.29) is 5.82 Å². The van der Waals surface area contributed by atoms with Crippen LogP contribution in [0.4, 0.5) is 4.39 Å². The number of halogens is 1. The van der Waals surface area contributed by atoms with E-state index in [1.54, 1.807) is 24.3 Å². The molecule has 74 valence electrons. The molecule has 0 atom stereocenters. The first-order chi connectivity index (χ1) is 6.59. The fourth-order valence-corrected chi connectivity index (χ4v) is 0.961. The number of allylic oxidation sites excluding steroid dienone is 2. The smallest absolute Gasteiger partial charge is 0.193 e. The van der Waals surface area contributed by atoms with Crippen molar-refractivity contribution in [3.05, 3.63) is 53.6 Å². The molecule has 0 aliphatic heterocycles. The summed E-state index contributed by atoms with van der Waals surface area (Å²) in [6, 6.07) is 6.05. The van der Waals surface area contributed by atoms with Crippen molar-refractivity contribution >= 4 is 5.70 Å². The third kappa shape index (κ3) is 2.91. The summed E-state index contributed by atoms with van der Waals surface area (Å²) in [5, 5.41) is 0. The van der Waals surface area contributed by atoms with E-state index in [0.29, 0.717) is 17.1 Å². The minimum absolute atomic E-state index is 0.314. The predicted molar refractivity (Wildman–Crippen MR) is 53.7 cm³/mol. The van der Waals surface area contributed by atoms with Gasteiger partial charge in [-0.3, -0.25) is 0 Å². The number of hydrogen-bond donors (Lipinski definition) is 3. The van der Waals surface area contributed by atoms with E-state index < -0.39 is 0 Å². The molecule has 0 fully saturated rings. The summed E-state index contributed by atoms with van der Waals surface area (Å²) < 4.78 is 12.8. The molecule has 0 spiro atoms. The van der Waals surface area contributed by atoms with Gasteiger partial charge in [-0.1, -0.05) is 12.1 Å². The number of nitrogens with two attached hydrogens (primary N) is 2. The van der Waals surface area contributed by atoms with Gasteiger partial charge in [-0.15, -0.1) is 0 Å². The molecule has 7 N–H and O–H groups in total. The summed E-state index contributed by atoms with van der Waals surface area (Å²) in [6.07, 6.45) is 3.16. The van der Waals surface area contributed by atoms with Crippen molar-refractivity contribution in [1.29, 1.82) is 0 Å². The first-order valence-corrected chi connectivity index (χ1v) is 4.10. The van der Waals surface area contributed by atoms with Crippen LogP contribution in [0.5, 0.6) is 0 Å². The van der Waals surface area contributed by atoms with Crippen LogP contribution in [0, 0.1) is 5.82 Å². The highest BCUT2D eigenvalue weighted by Gasteiger charge is 1.96. The standard InChI is InChI=1S/C10H12FN3/c11-8-3-1-2-7(6-8)9(12)4-5-10(13)14/h1-6H,12-14H2/p+1. The Balaban J connectivity index is 2.95. The van der Waals surface area contributed by atoms with Crippen LogP contribution in [0.25, 0.3) is 5.70 Å². The van der Waals surface area contributed by atoms with E-state index >= 15 is 0 Å². The minimum Gasteiger partial charge on any atom is -0.398 e. The highest BCUT2D eigenvalue weighted by Crippen LogP contribution is 2.10. The van der Waals surface area contributed by atoms with Crippen molar-refractivity contribution in [1.82, 2.24) is 0 Å². The van der Waals surface area contributed by atoms with Gasteiger partial charge < -0.3 is 17.2 Å². The molecule has 0 bridgehead atoms. The summed E-state index contributed by atoms with van der Waals surface area (Å²) in [4.78, 5) is 0. The maximum Gasteiger partial charge on any atom is 0.193 e. The Hall–Kier alpha value is -1.81. The number of hydrogen-bond acceptors (Lipinski definition) is 2. The highest BCUT2D eigenvalue weighted by molar-refractivity contribution is 5.63. The lowest BCUT2D eigenvalue weighted by atomic mass is 10.1. The summed E-state index contributed by atoms with van der Waals surface area (Å²) >= 11 is 0. The molecule has 0 radical (unpaired) electrons.